The average molecular weight is 1200 g/mol. The van der Waals surface area contributed by atoms with Gasteiger partial charge in [0.1, 0.15) is 0 Å². The van der Waals surface area contributed by atoms with Crippen LogP contribution < -0.4 is 0 Å². The molecule has 0 amide bonds. The van der Waals surface area contributed by atoms with E-state index in [2.05, 4.69) is 382 Å². The summed E-state index contributed by atoms with van der Waals surface area (Å²) in [6, 6.07) is 132. The Morgan fingerprint density at radius 3 is 0.862 bits per heavy atom. The lowest BCUT2D eigenvalue weighted by atomic mass is 9.98. The van der Waals surface area contributed by atoms with Crippen LogP contribution in [0, 0.1) is 0 Å². The molecule has 4 nitrogen and oxygen atoms in total. The Labute approximate surface area is 544 Å². The zero-order chi connectivity index (χ0) is 62.1. The minimum Gasteiger partial charge on any atom is -0.309 e. The minimum absolute atomic E-state index is 1.14. The second kappa shape index (κ2) is 22.8. The van der Waals surface area contributed by atoms with Gasteiger partial charge in [-0.1, -0.05) is 273 Å². The van der Waals surface area contributed by atoms with Crippen LogP contribution in [0.3, 0.4) is 0 Å². The second-order valence-corrected chi connectivity index (χ2v) is 24.4. The number of aromatic nitrogens is 4. The lowest BCUT2D eigenvalue weighted by molar-refractivity contribution is 1.17. The van der Waals surface area contributed by atoms with E-state index in [1.165, 1.54) is 143 Å². The van der Waals surface area contributed by atoms with Crippen LogP contribution in [0.25, 0.3) is 166 Å². The first kappa shape index (κ1) is 54.4. The Morgan fingerprint density at radius 1 is 0.138 bits per heavy atom. The Balaban J connectivity index is 0.000000139. The molecule has 0 aliphatic heterocycles. The molecule has 0 N–H and O–H groups in total. The topological polar surface area (TPSA) is 19.7 Å². The van der Waals surface area contributed by atoms with Crippen molar-refractivity contribution in [3.05, 3.63) is 364 Å². The highest BCUT2D eigenvalue weighted by molar-refractivity contribution is 6.27. The highest BCUT2D eigenvalue weighted by atomic mass is 15.0. The van der Waals surface area contributed by atoms with Gasteiger partial charge in [0.15, 0.2) is 0 Å². The Morgan fingerprint density at radius 2 is 0.436 bits per heavy atom. The molecular weight excluding hydrogens is 1140 g/mol. The van der Waals surface area contributed by atoms with E-state index in [0.717, 1.165) is 22.7 Å². The molecule has 19 aromatic rings. The summed E-state index contributed by atoms with van der Waals surface area (Å²) < 4.78 is 9.81. The van der Waals surface area contributed by atoms with E-state index >= 15 is 0 Å². The summed E-state index contributed by atoms with van der Waals surface area (Å²) in [5.74, 6) is 0. The van der Waals surface area contributed by atoms with Gasteiger partial charge >= 0.3 is 0 Å². The molecule has 4 aromatic heterocycles. The van der Waals surface area contributed by atoms with Crippen molar-refractivity contribution in [1.82, 2.24) is 18.3 Å². The van der Waals surface area contributed by atoms with Crippen molar-refractivity contribution in [3.63, 3.8) is 0 Å². The van der Waals surface area contributed by atoms with Crippen molar-refractivity contribution in [1.29, 1.82) is 0 Å². The van der Waals surface area contributed by atoms with Crippen LogP contribution in [0.1, 0.15) is 0 Å². The van der Waals surface area contributed by atoms with Crippen LogP contribution in [0.4, 0.5) is 0 Å². The number of hydrogen-bond donors (Lipinski definition) is 0. The minimum atomic E-state index is 1.14. The van der Waals surface area contributed by atoms with Crippen LogP contribution >= 0.6 is 0 Å². The predicted octanol–water partition coefficient (Wildman–Crippen LogP) is 24.1. The summed E-state index contributed by atoms with van der Waals surface area (Å²) in [4.78, 5) is 0. The summed E-state index contributed by atoms with van der Waals surface area (Å²) in [6.45, 7) is 0. The summed E-state index contributed by atoms with van der Waals surface area (Å²) in [5, 5.41) is 10.1. The first-order chi connectivity index (χ1) is 46.7. The van der Waals surface area contributed by atoms with Crippen molar-refractivity contribution < 1.29 is 0 Å². The maximum Gasteiger partial charge on any atom is 0.0641 e. The van der Waals surface area contributed by atoms with Crippen molar-refractivity contribution in [3.8, 4) is 78.4 Å². The van der Waals surface area contributed by atoms with E-state index in [9.17, 15) is 0 Å². The molecule has 94 heavy (non-hydrogen) atoms. The molecule has 4 heteroatoms. The highest BCUT2D eigenvalue weighted by Crippen LogP contribution is 2.45. The summed E-state index contributed by atoms with van der Waals surface area (Å²) >= 11 is 0. The van der Waals surface area contributed by atoms with Gasteiger partial charge in [0.25, 0.3) is 0 Å². The molecular formula is C90H60N4. The molecule has 0 aliphatic carbocycles. The fourth-order valence-corrected chi connectivity index (χ4v) is 14.8. The highest BCUT2D eigenvalue weighted by Gasteiger charge is 2.24. The summed E-state index contributed by atoms with van der Waals surface area (Å²) in [7, 11) is 0. The number of nitrogens with zero attached hydrogens (tertiary/aromatic N) is 4. The van der Waals surface area contributed by atoms with Gasteiger partial charge < -0.3 is 18.3 Å². The zero-order valence-electron chi connectivity index (χ0n) is 51.4. The Hall–Kier alpha value is -12.5. The van der Waals surface area contributed by atoms with Crippen LogP contribution in [0.2, 0.25) is 0 Å². The third-order valence-corrected chi connectivity index (χ3v) is 19.0. The monoisotopic (exact) mass is 1200 g/mol. The molecule has 0 radical (unpaired) electrons. The SMILES string of the molecule is c1ccc(-c2ccc(-n3c4ccccc4c4c3ccc3c5ccccc5n(-c5cccc(-c6ccccc6)c5)c34)cc2)cc1.c1ccc(-c2ccc(-n3c4ccccc4c4ccc5c(c6ccccc6n5-c5cc(-c6ccccc6)cc(-c6ccccc6)c5)c43)cc2)cc1. The van der Waals surface area contributed by atoms with E-state index in [1.807, 2.05) is 0 Å². The first-order valence-corrected chi connectivity index (χ1v) is 32.3. The quantitative estimate of drug-likeness (QED) is 0.137. The number of rotatable bonds is 9. The first-order valence-electron chi connectivity index (χ1n) is 32.3. The van der Waals surface area contributed by atoms with Gasteiger partial charge in [-0.25, -0.2) is 0 Å². The van der Waals surface area contributed by atoms with Crippen LogP contribution in [0.5, 0.6) is 0 Å². The number of fused-ring (bicyclic) bond motifs is 14. The maximum atomic E-state index is 2.47. The molecule has 19 rings (SSSR count). The molecule has 0 bridgehead atoms. The molecule has 0 spiro atoms. The van der Waals surface area contributed by atoms with Crippen molar-refractivity contribution in [2.24, 2.45) is 0 Å². The largest absolute Gasteiger partial charge is 0.309 e. The third-order valence-electron chi connectivity index (χ3n) is 19.0. The Bertz CT molecular complexity index is 5980. The lowest BCUT2D eigenvalue weighted by Gasteiger charge is -2.14. The van der Waals surface area contributed by atoms with Gasteiger partial charge in [-0.2, -0.15) is 0 Å². The predicted molar refractivity (Wildman–Crippen MR) is 397 cm³/mol. The average Bonchev–Trinajstić information content (AvgIpc) is 1.56. The number of hydrogen-bond acceptors (Lipinski definition) is 0. The van der Waals surface area contributed by atoms with Gasteiger partial charge in [0.05, 0.1) is 44.1 Å². The van der Waals surface area contributed by atoms with Crippen LogP contribution in [0.15, 0.2) is 364 Å². The van der Waals surface area contributed by atoms with Crippen molar-refractivity contribution >= 4 is 87.2 Å². The second-order valence-electron chi connectivity index (χ2n) is 24.4. The van der Waals surface area contributed by atoms with Gasteiger partial charge in [0, 0.05) is 65.8 Å². The molecule has 0 saturated carbocycles. The van der Waals surface area contributed by atoms with Gasteiger partial charge in [0.2, 0.25) is 0 Å². The third kappa shape index (κ3) is 9.14. The molecule has 0 unspecified atom stereocenters. The maximum absolute atomic E-state index is 2.47. The molecule has 0 aliphatic rings. The van der Waals surface area contributed by atoms with Gasteiger partial charge in [-0.3, -0.25) is 0 Å². The van der Waals surface area contributed by atoms with Crippen LogP contribution in [-0.4, -0.2) is 18.3 Å². The Kier molecular flexibility index (Phi) is 13.2. The van der Waals surface area contributed by atoms with Crippen molar-refractivity contribution in [2.45, 2.75) is 0 Å². The number of para-hydroxylation sites is 4. The zero-order valence-corrected chi connectivity index (χ0v) is 51.4. The van der Waals surface area contributed by atoms with E-state index in [1.54, 1.807) is 0 Å². The fourth-order valence-electron chi connectivity index (χ4n) is 14.8. The van der Waals surface area contributed by atoms with Crippen LogP contribution in [-0.2, 0) is 0 Å². The fraction of sp³-hybridized carbons (Fsp3) is 0. The van der Waals surface area contributed by atoms with Crippen molar-refractivity contribution in [2.75, 3.05) is 0 Å². The van der Waals surface area contributed by atoms with E-state index in [0.29, 0.717) is 0 Å². The molecule has 0 fully saturated rings. The lowest BCUT2D eigenvalue weighted by Crippen LogP contribution is -1.97. The van der Waals surface area contributed by atoms with E-state index in [-0.39, 0.29) is 0 Å². The smallest absolute Gasteiger partial charge is 0.0641 e. The van der Waals surface area contributed by atoms with Gasteiger partial charge in [-0.15, -0.1) is 0 Å². The number of benzene rings is 15. The van der Waals surface area contributed by atoms with E-state index in [4.69, 9.17) is 0 Å². The summed E-state index contributed by atoms with van der Waals surface area (Å²) in [6.07, 6.45) is 0. The molecule has 4 heterocycles. The molecule has 440 valence electrons. The summed E-state index contributed by atoms with van der Waals surface area (Å²) in [5.41, 5.74) is 26.4. The molecule has 0 atom stereocenters. The standard InChI is InChI=1S/C48H32N2.C42H28N2/c1-4-14-33(15-5-1)36-24-26-39(27-25-36)50-44-22-12-10-20-41(44)42-28-29-46-47(48(42)50)43-21-11-13-23-45(43)49(46)40-31-37(34-16-6-2-7-17-34)30-38(32-40)35-18-8-3-9-19-35;1-3-12-29(13-4-1)31-22-24-33(25-23-31)43-39-21-10-8-19-37(39)41-40(43)27-26-36-35-18-7-9-20-38(35)44(42(36)41)34-17-11-16-32(28-34)30-14-5-2-6-15-30/h1-32H;1-28H. The normalized spacial score (nSPS) is 11.6. The van der Waals surface area contributed by atoms with Gasteiger partial charge in [-0.05, 0) is 147 Å². The van der Waals surface area contributed by atoms with E-state index < -0.39 is 0 Å². The molecule has 15 aromatic carbocycles. The molecule has 0 saturated heterocycles.